The number of allylic oxidation sites excluding steroid dienone is 2. The van der Waals surface area contributed by atoms with Crippen LogP contribution in [-0.2, 0) is 10.0 Å². The van der Waals surface area contributed by atoms with Gasteiger partial charge in [0.25, 0.3) is 0 Å². The van der Waals surface area contributed by atoms with Crippen LogP contribution in [0.2, 0.25) is 0 Å². The summed E-state index contributed by atoms with van der Waals surface area (Å²) in [5.74, 6) is 0. The van der Waals surface area contributed by atoms with Crippen LogP contribution in [0.5, 0.6) is 0 Å². The maximum absolute atomic E-state index is 11.8. The summed E-state index contributed by atoms with van der Waals surface area (Å²) in [7, 11) is -3.34. The number of rotatable bonds is 6. The Morgan fingerprint density at radius 1 is 1.24 bits per heavy atom. The van der Waals surface area contributed by atoms with Gasteiger partial charge in [-0.15, -0.1) is 0 Å². The fraction of sp³-hybridized carbons (Fsp3) is 0.385. The third-order valence-electron chi connectivity index (χ3n) is 2.41. The van der Waals surface area contributed by atoms with Crippen molar-refractivity contribution in [2.24, 2.45) is 0 Å². The van der Waals surface area contributed by atoms with Gasteiger partial charge in [0.1, 0.15) is 0 Å². The monoisotopic (exact) mass is 253 g/mol. The van der Waals surface area contributed by atoms with Crippen LogP contribution in [0.4, 0.5) is 0 Å². The standard InChI is InChI=1S/C13H19NO2S/c1-3-4-5-6-11-14-17(15,16)13-9-7-12(2)8-10-13/h3-4,7-10,14H,5-6,11H2,1-2H3. The van der Waals surface area contributed by atoms with Gasteiger partial charge in [-0.25, -0.2) is 13.1 Å². The molecule has 0 saturated carbocycles. The average Bonchev–Trinajstić information content (AvgIpc) is 2.29. The first kappa shape index (κ1) is 13.9. The van der Waals surface area contributed by atoms with Crippen molar-refractivity contribution in [3.8, 4) is 0 Å². The van der Waals surface area contributed by atoms with Crippen LogP contribution >= 0.6 is 0 Å². The molecular formula is C13H19NO2S. The first-order chi connectivity index (χ1) is 8.06. The van der Waals surface area contributed by atoms with E-state index in [1.807, 2.05) is 26.0 Å². The molecule has 17 heavy (non-hydrogen) atoms. The number of hydrogen-bond donors (Lipinski definition) is 1. The van der Waals surface area contributed by atoms with Gasteiger partial charge in [-0.3, -0.25) is 0 Å². The van der Waals surface area contributed by atoms with Gasteiger partial charge in [0.2, 0.25) is 10.0 Å². The van der Waals surface area contributed by atoms with E-state index in [-0.39, 0.29) is 0 Å². The Kier molecular flexibility index (Phi) is 5.38. The molecule has 0 saturated heterocycles. The molecule has 0 fully saturated rings. The Bertz CT molecular complexity index is 461. The van der Waals surface area contributed by atoms with E-state index in [0.29, 0.717) is 11.4 Å². The zero-order valence-corrected chi connectivity index (χ0v) is 11.1. The molecule has 1 rings (SSSR count). The van der Waals surface area contributed by atoms with Gasteiger partial charge in [0.05, 0.1) is 4.90 Å². The van der Waals surface area contributed by atoms with Crippen LogP contribution in [0.3, 0.4) is 0 Å². The van der Waals surface area contributed by atoms with Crippen molar-refractivity contribution in [1.29, 1.82) is 0 Å². The Morgan fingerprint density at radius 2 is 1.88 bits per heavy atom. The Hall–Kier alpha value is -1.13. The second-order valence-corrected chi connectivity index (χ2v) is 5.69. The molecule has 0 radical (unpaired) electrons. The van der Waals surface area contributed by atoms with Crippen molar-refractivity contribution in [2.45, 2.75) is 31.6 Å². The van der Waals surface area contributed by atoms with Crippen LogP contribution < -0.4 is 4.72 Å². The summed E-state index contributed by atoms with van der Waals surface area (Å²) in [6.45, 7) is 4.36. The molecule has 1 aromatic carbocycles. The molecule has 0 aromatic heterocycles. The van der Waals surface area contributed by atoms with E-state index in [1.165, 1.54) is 0 Å². The van der Waals surface area contributed by atoms with Gasteiger partial charge >= 0.3 is 0 Å². The molecule has 0 aliphatic heterocycles. The highest BCUT2D eigenvalue weighted by atomic mass is 32.2. The van der Waals surface area contributed by atoms with Crippen LogP contribution in [-0.4, -0.2) is 15.0 Å². The molecule has 0 atom stereocenters. The van der Waals surface area contributed by atoms with Crippen molar-refractivity contribution < 1.29 is 8.42 Å². The quantitative estimate of drug-likeness (QED) is 0.626. The minimum Gasteiger partial charge on any atom is -0.211 e. The normalized spacial score (nSPS) is 12.1. The molecule has 0 aliphatic rings. The van der Waals surface area contributed by atoms with Gasteiger partial charge in [-0.2, -0.15) is 0 Å². The molecule has 3 nitrogen and oxygen atoms in total. The molecule has 0 amide bonds. The SMILES string of the molecule is CC=CCCCNS(=O)(=O)c1ccc(C)cc1. The molecular weight excluding hydrogens is 234 g/mol. The second-order valence-electron chi connectivity index (χ2n) is 3.92. The van der Waals surface area contributed by atoms with Crippen molar-refractivity contribution >= 4 is 10.0 Å². The Balaban J connectivity index is 2.54. The van der Waals surface area contributed by atoms with Crippen molar-refractivity contribution in [3.63, 3.8) is 0 Å². The van der Waals surface area contributed by atoms with Gasteiger partial charge in [-0.05, 0) is 38.8 Å². The van der Waals surface area contributed by atoms with E-state index in [4.69, 9.17) is 0 Å². The Labute approximate surface area is 104 Å². The number of unbranched alkanes of at least 4 members (excludes halogenated alkanes) is 1. The lowest BCUT2D eigenvalue weighted by Crippen LogP contribution is -2.24. The maximum atomic E-state index is 11.8. The lowest BCUT2D eigenvalue weighted by atomic mass is 10.2. The molecule has 0 spiro atoms. The molecule has 4 heteroatoms. The van der Waals surface area contributed by atoms with E-state index in [0.717, 1.165) is 18.4 Å². The summed E-state index contributed by atoms with van der Waals surface area (Å²) in [5.41, 5.74) is 1.05. The highest BCUT2D eigenvalue weighted by Gasteiger charge is 2.11. The van der Waals surface area contributed by atoms with Crippen molar-refractivity contribution in [2.75, 3.05) is 6.54 Å². The number of aryl methyl sites for hydroxylation is 1. The summed E-state index contributed by atoms with van der Waals surface area (Å²) in [6, 6.07) is 6.86. The molecule has 1 aromatic rings. The first-order valence-electron chi connectivity index (χ1n) is 5.74. The fourth-order valence-corrected chi connectivity index (χ4v) is 2.47. The van der Waals surface area contributed by atoms with Crippen LogP contribution in [0, 0.1) is 6.92 Å². The lowest BCUT2D eigenvalue weighted by molar-refractivity contribution is 0.579. The number of sulfonamides is 1. The van der Waals surface area contributed by atoms with Gasteiger partial charge in [0, 0.05) is 6.54 Å². The van der Waals surface area contributed by atoms with Crippen molar-refractivity contribution in [1.82, 2.24) is 4.72 Å². The zero-order valence-electron chi connectivity index (χ0n) is 10.3. The smallest absolute Gasteiger partial charge is 0.211 e. The lowest BCUT2D eigenvalue weighted by Gasteiger charge is -2.06. The van der Waals surface area contributed by atoms with Crippen molar-refractivity contribution in [3.05, 3.63) is 42.0 Å². The summed E-state index contributed by atoms with van der Waals surface area (Å²) in [5, 5.41) is 0. The summed E-state index contributed by atoms with van der Waals surface area (Å²) < 4.78 is 26.3. The van der Waals surface area contributed by atoms with Gasteiger partial charge < -0.3 is 0 Å². The second kappa shape index (κ2) is 6.57. The predicted molar refractivity (Wildman–Crippen MR) is 70.4 cm³/mol. The third kappa shape index (κ3) is 4.71. The summed E-state index contributed by atoms with van der Waals surface area (Å²) in [4.78, 5) is 0.328. The average molecular weight is 253 g/mol. The first-order valence-corrected chi connectivity index (χ1v) is 7.22. The molecule has 0 aliphatic carbocycles. The summed E-state index contributed by atoms with van der Waals surface area (Å²) in [6.07, 6.45) is 5.71. The number of nitrogens with one attached hydrogen (secondary N) is 1. The zero-order chi connectivity index (χ0) is 12.7. The number of hydrogen-bond acceptors (Lipinski definition) is 2. The van der Waals surface area contributed by atoms with E-state index < -0.39 is 10.0 Å². The van der Waals surface area contributed by atoms with E-state index >= 15 is 0 Å². The molecule has 0 heterocycles. The van der Waals surface area contributed by atoms with Crippen LogP contribution in [0.15, 0.2) is 41.3 Å². The Morgan fingerprint density at radius 3 is 2.47 bits per heavy atom. The predicted octanol–water partition coefficient (Wildman–Crippen LogP) is 2.63. The van der Waals surface area contributed by atoms with Gasteiger partial charge in [0.15, 0.2) is 0 Å². The van der Waals surface area contributed by atoms with E-state index in [2.05, 4.69) is 4.72 Å². The van der Waals surface area contributed by atoms with E-state index in [9.17, 15) is 8.42 Å². The highest BCUT2D eigenvalue weighted by molar-refractivity contribution is 7.89. The topological polar surface area (TPSA) is 46.2 Å². The van der Waals surface area contributed by atoms with Gasteiger partial charge in [-0.1, -0.05) is 29.8 Å². The number of benzene rings is 1. The van der Waals surface area contributed by atoms with Crippen LogP contribution in [0.25, 0.3) is 0 Å². The highest BCUT2D eigenvalue weighted by Crippen LogP contribution is 2.09. The minimum absolute atomic E-state index is 0.328. The summed E-state index contributed by atoms with van der Waals surface area (Å²) >= 11 is 0. The largest absolute Gasteiger partial charge is 0.240 e. The molecule has 0 unspecified atom stereocenters. The molecule has 94 valence electrons. The third-order valence-corrected chi connectivity index (χ3v) is 3.88. The minimum atomic E-state index is -3.34. The fourth-order valence-electron chi connectivity index (χ4n) is 1.39. The molecule has 0 bridgehead atoms. The maximum Gasteiger partial charge on any atom is 0.240 e. The van der Waals surface area contributed by atoms with E-state index in [1.54, 1.807) is 24.3 Å². The van der Waals surface area contributed by atoms with Crippen LogP contribution in [0.1, 0.15) is 25.3 Å². The molecule has 1 N–H and O–H groups in total.